The van der Waals surface area contributed by atoms with Crippen LogP contribution >= 0.6 is 0 Å². The summed E-state index contributed by atoms with van der Waals surface area (Å²) in [4.78, 5) is 58.2. The summed E-state index contributed by atoms with van der Waals surface area (Å²) in [5, 5.41) is 9.57. The van der Waals surface area contributed by atoms with Crippen molar-refractivity contribution >= 4 is 35.0 Å². The molecule has 2 aliphatic rings. The van der Waals surface area contributed by atoms with Gasteiger partial charge in [-0.15, -0.1) is 0 Å². The van der Waals surface area contributed by atoms with Crippen molar-refractivity contribution in [3.8, 4) is 0 Å². The standard InChI is InChI=1S/C28H30F4N6O3.C2HF3O2/c1-17(2)23(34-24(39)20-14-18(28(30,31)32)4-6-21(20)29)25(40)36-11-8-27(9-12-36)26(41)35(3)16-38(27)19-5-7-22-33-10-13-37(22)15-19;3-2(4,5)1(6)7/h4-7,10,13-15,17,23H,8-9,11-12,16H2,1-3H3,(H,34,39);(H,6,7). The van der Waals surface area contributed by atoms with Gasteiger partial charge in [-0.3, -0.25) is 14.4 Å². The van der Waals surface area contributed by atoms with Crippen LogP contribution < -0.4 is 10.2 Å². The predicted octanol–water partition coefficient (Wildman–Crippen LogP) is 4.18. The number of carbonyl (C=O) groups excluding carboxylic acids is 3. The van der Waals surface area contributed by atoms with Gasteiger partial charge in [0.25, 0.3) is 5.91 Å². The van der Waals surface area contributed by atoms with Crippen LogP contribution in [0.2, 0.25) is 0 Å². The number of aliphatic carboxylic acids is 1. The molecule has 2 aliphatic heterocycles. The third kappa shape index (κ3) is 7.31. The SMILES string of the molecule is CC(C)C(NC(=O)c1cc(C(F)(F)F)ccc1F)C(=O)N1CCC2(CC1)C(=O)N(C)CN2c1ccc2nccn2c1.O=C(O)C(F)(F)F. The first-order chi connectivity index (χ1) is 22.3. The van der Waals surface area contributed by atoms with Crippen LogP contribution in [0.3, 0.4) is 0 Å². The number of halogens is 7. The van der Waals surface area contributed by atoms with Crippen LogP contribution in [0.5, 0.6) is 0 Å². The molecule has 1 spiro atoms. The number of carboxylic acid groups (broad SMARTS) is 1. The van der Waals surface area contributed by atoms with Crippen LogP contribution in [0.25, 0.3) is 5.65 Å². The molecule has 0 saturated carbocycles. The molecule has 5 rings (SSSR count). The van der Waals surface area contributed by atoms with E-state index in [2.05, 4.69) is 10.3 Å². The van der Waals surface area contributed by atoms with Gasteiger partial charge in [-0.25, -0.2) is 14.2 Å². The summed E-state index contributed by atoms with van der Waals surface area (Å²) in [6.07, 6.45) is -3.75. The number of fused-ring (bicyclic) bond motifs is 1. The highest BCUT2D eigenvalue weighted by Crippen LogP contribution is 2.39. The molecule has 1 atom stereocenters. The molecule has 3 amide bonds. The minimum Gasteiger partial charge on any atom is -0.475 e. The third-order valence-electron chi connectivity index (χ3n) is 8.20. The number of carboxylic acids is 1. The zero-order valence-electron chi connectivity index (χ0n) is 25.8. The number of likely N-dealkylation sites (tertiary alicyclic amines) is 1. The second kappa shape index (κ2) is 13.3. The summed E-state index contributed by atoms with van der Waals surface area (Å²) in [6.45, 7) is 4.18. The number of hydrogen-bond donors (Lipinski definition) is 2. The number of amides is 3. The Morgan fingerprint density at radius 2 is 1.65 bits per heavy atom. The smallest absolute Gasteiger partial charge is 0.475 e. The summed E-state index contributed by atoms with van der Waals surface area (Å²) in [5.74, 6) is -5.92. The van der Waals surface area contributed by atoms with Gasteiger partial charge in [0, 0.05) is 38.7 Å². The Balaban J connectivity index is 0.000000671. The maximum absolute atomic E-state index is 14.3. The second-order valence-electron chi connectivity index (χ2n) is 11.7. The van der Waals surface area contributed by atoms with E-state index in [1.54, 1.807) is 36.9 Å². The Kier molecular flexibility index (Phi) is 9.97. The summed E-state index contributed by atoms with van der Waals surface area (Å²) in [6, 6.07) is 4.25. The van der Waals surface area contributed by atoms with Crippen LogP contribution in [0.4, 0.5) is 36.4 Å². The molecule has 4 heterocycles. The summed E-state index contributed by atoms with van der Waals surface area (Å²) < 4.78 is 87.4. The molecular weight excluding hydrogens is 657 g/mol. The van der Waals surface area contributed by atoms with Gasteiger partial charge in [-0.1, -0.05) is 13.8 Å². The lowest BCUT2D eigenvalue weighted by atomic mass is 9.85. The molecule has 11 nitrogen and oxygen atoms in total. The van der Waals surface area contributed by atoms with E-state index in [-0.39, 0.29) is 19.0 Å². The fraction of sp³-hybridized carbons (Fsp3) is 0.433. The molecule has 1 aromatic carbocycles. The van der Waals surface area contributed by atoms with Gasteiger partial charge in [-0.05, 0) is 49.1 Å². The third-order valence-corrected chi connectivity index (χ3v) is 8.20. The van der Waals surface area contributed by atoms with Gasteiger partial charge >= 0.3 is 18.3 Å². The average molecular weight is 689 g/mol. The number of carbonyl (C=O) groups is 4. The van der Waals surface area contributed by atoms with Gasteiger partial charge in [0.05, 0.1) is 23.5 Å². The molecule has 1 unspecified atom stereocenters. The fourth-order valence-electron chi connectivity index (χ4n) is 5.66. The van der Waals surface area contributed by atoms with E-state index in [1.807, 2.05) is 33.8 Å². The molecule has 0 aliphatic carbocycles. The monoisotopic (exact) mass is 688 g/mol. The molecule has 0 radical (unpaired) electrons. The Hall–Kier alpha value is -4.90. The van der Waals surface area contributed by atoms with Crippen LogP contribution in [0, 0.1) is 11.7 Å². The lowest BCUT2D eigenvalue weighted by Crippen LogP contribution is -2.60. The Bertz CT molecular complexity index is 1700. The number of benzene rings is 1. The topological polar surface area (TPSA) is 128 Å². The maximum Gasteiger partial charge on any atom is 0.490 e. The number of piperidine rings is 1. The lowest BCUT2D eigenvalue weighted by Gasteiger charge is -2.44. The fourth-order valence-corrected chi connectivity index (χ4v) is 5.66. The van der Waals surface area contributed by atoms with Crippen molar-refractivity contribution in [3.05, 3.63) is 65.9 Å². The molecule has 2 N–H and O–H groups in total. The normalized spacial score (nSPS) is 17.1. The first kappa shape index (κ1) is 35.9. The molecule has 48 heavy (non-hydrogen) atoms. The summed E-state index contributed by atoms with van der Waals surface area (Å²) >= 11 is 0. The molecule has 2 saturated heterocycles. The highest BCUT2D eigenvalue weighted by atomic mass is 19.4. The number of anilines is 1. The maximum atomic E-state index is 14.3. The van der Waals surface area contributed by atoms with Gasteiger partial charge in [0.1, 0.15) is 23.0 Å². The van der Waals surface area contributed by atoms with Gasteiger partial charge in [0.15, 0.2) is 0 Å². The van der Waals surface area contributed by atoms with Crippen molar-refractivity contribution in [2.75, 3.05) is 31.7 Å². The van der Waals surface area contributed by atoms with Crippen molar-refractivity contribution < 1.29 is 55.0 Å². The molecule has 18 heteroatoms. The first-order valence-corrected chi connectivity index (χ1v) is 14.5. The van der Waals surface area contributed by atoms with Gasteiger partial charge in [0.2, 0.25) is 11.8 Å². The number of imidazole rings is 1. The Morgan fingerprint density at radius 1 is 1.02 bits per heavy atom. The predicted molar refractivity (Wildman–Crippen MR) is 155 cm³/mol. The summed E-state index contributed by atoms with van der Waals surface area (Å²) in [7, 11) is 1.73. The van der Waals surface area contributed by atoms with Crippen molar-refractivity contribution in [1.82, 2.24) is 24.5 Å². The van der Waals surface area contributed by atoms with E-state index in [4.69, 9.17) is 9.90 Å². The number of pyridine rings is 1. The first-order valence-electron chi connectivity index (χ1n) is 14.5. The lowest BCUT2D eigenvalue weighted by molar-refractivity contribution is -0.192. The summed E-state index contributed by atoms with van der Waals surface area (Å²) in [5.41, 5.74) is -1.21. The van der Waals surface area contributed by atoms with Crippen molar-refractivity contribution in [1.29, 1.82) is 0 Å². The number of rotatable bonds is 5. The number of nitrogens with one attached hydrogen (secondary N) is 1. The van der Waals surface area contributed by atoms with Crippen molar-refractivity contribution in [3.63, 3.8) is 0 Å². The highest BCUT2D eigenvalue weighted by molar-refractivity contribution is 5.98. The van der Waals surface area contributed by atoms with E-state index in [9.17, 15) is 45.1 Å². The van der Waals surface area contributed by atoms with Crippen molar-refractivity contribution in [2.24, 2.45) is 5.92 Å². The molecule has 0 bridgehead atoms. The Morgan fingerprint density at radius 3 is 2.21 bits per heavy atom. The zero-order valence-corrected chi connectivity index (χ0v) is 25.8. The second-order valence-corrected chi connectivity index (χ2v) is 11.7. The number of hydrogen-bond acceptors (Lipinski definition) is 6. The van der Waals surface area contributed by atoms with E-state index in [0.29, 0.717) is 37.7 Å². The van der Waals surface area contributed by atoms with Crippen LogP contribution in [-0.2, 0) is 20.6 Å². The van der Waals surface area contributed by atoms with E-state index in [1.165, 1.54) is 0 Å². The number of alkyl halides is 6. The van der Waals surface area contributed by atoms with Crippen LogP contribution in [0.1, 0.15) is 42.6 Å². The molecule has 260 valence electrons. The minimum absolute atomic E-state index is 0.0518. The van der Waals surface area contributed by atoms with Gasteiger partial charge in [-0.2, -0.15) is 26.3 Å². The largest absolute Gasteiger partial charge is 0.490 e. The van der Waals surface area contributed by atoms with E-state index < -0.39 is 64.6 Å². The molecule has 3 aromatic rings. The molecule has 2 aromatic heterocycles. The van der Waals surface area contributed by atoms with E-state index >= 15 is 0 Å². The van der Waals surface area contributed by atoms with Crippen molar-refractivity contribution in [2.45, 2.75) is 50.6 Å². The molecule has 2 fully saturated rings. The highest BCUT2D eigenvalue weighted by Gasteiger charge is 2.53. The minimum atomic E-state index is -5.08. The van der Waals surface area contributed by atoms with Crippen LogP contribution in [0.15, 0.2) is 48.9 Å². The zero-order chi connectivity index (χ0) is 35.8. The average Bonchev–Trinajstić information content (AvgIpc) is 3.57. The molecular formula is C30H31F7N6O5. The van der Waals surface area contributed by atoms with E-state index in [0.717, 1.165) is 11.3 Å². The van der Waals surface area contributed by atoms with Gasteiger partial charge < -0.3 is 29.5 Å². The number of nitrogens with zero attached hydrogens (tertiary/aromatic N) is 5. The quantitative estimate of drug-likeness (QED) is 0.386. The number of aromatic nitrogens is 2. The number of likely N-dealkylation sites (N-methyl/N-ethyl adjacent to an activating group) is 1. The van der Waals surface area contributed by atoms with Crippen LogP contribution in [-0.4, -0.2) is 92.5 Å². The Labute approximate surface area is 268 Å².